The number of nitrogens with zero attached hydrogens (tertiary/aromatic N) is 1. The number of ether oxygens (including phenoxy) is 1. The third-order valence-corrected chi connectivity index (χ3v) is 3.80. The van der Waals surface area contributed by atoms with Gasteiger partial charge in [-0.05, 0) is 44.9 Å². The zero-order valence-electron chi connectivity index (χ0n) is 15.3. The molecular weight excluding hydrogens is 290 g/mol. The van der Waals surface area contributed by atoms with E-state index in [1.54, 1.807) is 7.11 Å². The van der Waals surface area contributed by atoms with Gasteiger partial charge in [0.2, 0.25) is 5.91 Å². The van der Waals surface area contributed by atoms with E-state index in [1.165, 1.54) is 0 Å². The summed E-state index contributed by atoms with van der Waals surface area (Å²) in [7, 11) is 1.67. The number of nitrogen functional groups attached to an aromatic ring is 1. The molecule has 130 valence electrons. The van der Waals surface area contributed by atoms with Gasteiger partial charge in [-0.2, -0.15) is 0 Å². The number of nitrogens with two attached hydrogens (primary N) is 1. The zero-order valence-corrected chi connectivity index (χ0v) is 15.3. The van der Waals surface area contributed by atoms with E-state index in [0.717, 1.165) is 23.4 Å². The van der Waals surface area contributed by atoms with Crippen LogP contribution in [-0.2, 0) is 16.0 Å². The molecule has 0 aliphatic carbocycles. The Kier molecular flexibility index (Phi) is 7.36. The van der Waals surface area contributed by atoms with E-state index < -0.39 is 0 Å². The van der Waals surface area contributed by atoms with Crippen LogP contribution in [0.3, 0.4) is 0 Å². The number of amides is 1. The number of rotatable bonds is 8. The average molecular weight is 321 g/mol. The van der Waals surface area contributed by atoms with Crippen molar-refractivity contribution in [2.75, 3.05) is 29.7 Å². The highest BCUT2D eigenvalue weighted by Crippen LogP contribution is 2.32. The van der Waals surface area contributed by atoms with Crippen molar-refractivity contribution < 1.29 is 9.53 Å². The molecule has 1 aromatic carbocycles. The minimum absolute atomic E-state index is 0.0978. The van der Waals surface area contributed by atoms with Gasteiger partial charge < -0.3 is 20.7 Å². The third-order valence-electron chi connectivity index (χ3n) is 3.80. The van der Waals surface area contributed by atoms with Crippen molar-refractivity contribution in [1.29, 1.82) is 0 Å². The molecule has 0 aliphatic rings. The number of benzene rings is 1. The summed E-state index contributed by atoms with van der Waals surface area (Å²) < 4.78 is 5.16. The van der Waals surface area contributed by atoms with E-state index in [4.69, 9.17) is 10.5 Å². The summed E-state index contributed by atoms with van der Waals surface area (Å²) in [6.45, 7) is 10.7. The molecule has 3 N–H and O–H groups in total. The number of aryl methyl sites for hydroxylation is 1. The maximum atomic E-state index is 12.4. The standard InChI is InChI=1S/C18H31N3O2/c1-7-14-9-15(19)16(20-13(5)11-23-6)10-17(14)21(12(3)4)18(22)8-2/h9-10,12-13,20H,7-8,11,19H2,1-6H3. The average Bonchev–Trinajstić information content (AvgIpc) is 2.49. The molecule has 0 aromatic heterocycles. The van der Waals surface area contributed by atoms with Gasteiger partial charge in [0.25, 0.3) is 0 Å². The molecule has 1 aromatic rings. The molecule has 1 rings (SSSR count). The Morgan fingerprint density at radius 1 is 1.30 bits per heavy atom. The molecule has 0 spiro atoms. The highest BCUT2D eigenvalue weighted by Gasteiger charge is 2.21. The fourth-order valence-corrected chi connectivity index (χ4v) is 2.71. The smallest absolute Gasteiger partial charge is 0.226 e. The number of carbonyl (C=O) groups excluding carboxylic acids is 1. The summed E-state index contributed by atoms with van der Waals surface area (Å²) in [5.41, 5.74) is 9.75. The maximum Gasteiger partial charge on any atom is 0.226 e. The Morgan fingerprint density at radius 2 is 1.96 bits per heavy atom. The van der Waals surface area contributed by atoms with Gasteiger partial charge in [0, 0.05) is 31.3 Å². The molecule has 0 fully saturated rings. The van der Waals surface area contributed by atoms with Crippen molar-refractivity contribution in [2.45, 2.75) is 59.5 Å². The second kappa shape index (κ2) is 8.77. The summed E-state index contributed by atoms with van der Waals surface area (Å²) in [6.07, 6.45) is 1.31. The lowest BCUT2D eigenvalue weighted by atomic mass is 10.0. The van der Waals surface area contributed by atoms with Crippen LogP contribution in [-0.4, -0.2) is 31.7 Å². The van der Waals surface area contributed by atoms with Gasteiger partial charge in [-0.25, -0.2) is 0 Å². The third kappa shape index (κ3) is 4.86. The topological polar surface area (TPSA) is 67.6 Å². The number of carbonyl (C=O) groups is 1. The Balaban J connectivity index is 3.30. The van der Waals surface area contributed by atoms with Gasteiger partial charge in [-0.1, -0.05) is 13.8 Å². The highest BCUT2D eigenvalue weighted by molar-refractivity contribution is 5.96. The quantitative estimate of drug-likeness (QED) is 0.720. The van der Waals surface area contributed by atoms with Gasteiger partial charge in [0.1, 0.15) is 0 Å². The maximum absolute atomic E-state index is 12.4. The zero-order chi connectivity index (χ0) is 17.6. The molecule has 0 heterocycles. The van der Waals surface area contributed by atoms with Gasteiger partial charge >= 0.3 is 0 Å². The monoisotopic (exact) mass is 321 g/mol. The molecule has 1 amide bonds. The van der Waals surface area contributed by atoms with E-state index in [0.29, 0.717) is 18.7 Å². The molecule has 0 saturated heterocycles. The first-order valence-corrected chi connectivity index (χ1v) is 8.35. The molecule has 23 heavy (non-hydrogen) atoms. The normalized spacial score (nSPS) is 12.3. The predicted molar refractivity (Wildman–Crippen MR) is 98.1 cm³/mol. The fourth-order valence-electron chi connectivity index (χ4n) is 2.71. The lowest BCUT2D eigenvalue weighted by Crippen LogP contribution is -2.37. The van der Waals surface area contributed by atoms with Gasteiger partial charge in [0.05, 0.1) is 18.0 Å². The molecule has 1 unspecified atom stereocenters. The van der Waals surface area contributed by atoms with Crippen LogP contribution in [0, 0.1) is 0 Å². The molecule has 5 nitrogen and oxygen atoms in total. The number of hydrogen-bond donors (Lipinski definition) is 2. The van der Waals surface area contributed by atoms with Crippen LogP contribution < -0.4 is 16.0 Å². The number of anilines is 3. The first-order chi connectivity index (χ1) is 10.8. The van der Waals surface area contributed by atoms with Crippen molar-refractivity contribution in [3.8, 4) is 0 Å². The largest absolute Gasteiger partial charge is 0.397 e. The Labute approximate surface area is 140 Å². The lowest BCUT2D eigenvalue weighted by molar-refractivity contribution is -0.118. The minimum atomic E-state index is 0.0978. The molecule has 0 radical (unpaired) electrons. The number of hydrogen-bond acceptors (Lipinski definition) is 4. The number of nitrogens with one attached hydrogen (secondary N) is 1. The molecule has 0 saturated carbocycles. The Morgan fingerprint density at radius 3 is 2.43 bits per heavy atom. The second-order valence-electron chi connectivity index (χ2n) is 6.13. The second-order valence-corrected chi connectivity index (χ2v) is 6.13. The van der Waals surface area contributed by atoms with Crippen LogP contribution in [0.1, 0.15) is 46.6 Å². The summed E-state index contributed by atoms with van der Waals surface area (Å²) >= 11 is 0. The molecule has 1 atom stereocenters. The molecule has 0 bridgehead atoms. The van der Waals surface area contributed by atoms with Crippen molar-refractivity contribution in [1.82, 2.24) is 0 Å². The van der Waals surface area contributed by atoms with Crippen molar-refractivity contribution in [3.05, 3.63) is 17.7 Å². The van der Waals surface area contributed by atoms with Gasteiger partial charge in [0.15, 0.2) is 0 Å². The molecular formula is C18H31N3O2. The Bertz CT molecular complexity index is 529. The van der Waals surface area contributed by atoms with E-state index in [9.17, 15) is 4.79 Å². The van der Waals surface area contributed by atoms with E-state index in [-0.39, 0.29) is 18.0 Å². The van der Waals surface area contributed by atoms with Crippen molar-refractivity contribution in [2.24, 2.45) is 0 Å². The Hall–Kier alpha value is -1.75. The summed E-state index contributed by atoms with van der Waals surface area (Å²) in [4.78, 5) is 14.3. The van der Waals surface area contributed by atoms with Crippen molar-refractivity contribution >= 4 is 23.0 Å². The predicted octanol–water partition coefficient (Wildman–Crippen LogP) is 3.43. The van der Waals surface area contributed by atoms with Crippen LogP contribution in [0.5, 0.6) is 0 Å². The molecule has 0 aliphatic heterocycles. The van der Waals surface area contributed by atoms with E-state index in [2.05, 4.69) is 12.2 Å². The number of methoxy groups -OCH3 is 1. The van der Waals surface area contributed by atoms with E-state index >= 15 is 0 Å². The van der Waals surface area contributed by atoms with Gasteiger partial charge in [-0.15, -0.1) is 0 Å². The van der Waals surface area contributed by atoms with Crippen molar-refractivity contribution in [3.63, 3.8) is 0 Å². The van der Waals surface area contributed by atoms with E-state index in [1.807, 2.05) is 44.7 Å². The summed E-state index contributed by atoms with van der Waals surface area (Å²) in [5.74, 6) is 0.121. The van der Waals surface area contributed by atoms with Crippen LogP contribution >= 0.6 is 0 Å². The van der Waals surface area contributed by atoms with Crippen LogP contribution in [0.25, 0.3) is 0 Å². The SMILES string of the molecule is CCC(=O)N(c1cc(NC(C)COC)c(N)cc1CC)C(C)C. The van der Waals surface area contributed by atoms with Crippen LogP contribution in [0.2, 0.25) is 0 Å². The van der Waals surface area contributed by atoms with Crippen LogP contribution in [0.15, 0.2) is 12.1 Å². The first-order valence-electron chi connectivity index (χ1n) is 8.35. The van der Waals surface area contributed by atoms with Crippen LogP contribution in [0.4, 0.5) is 17.1 Å². The van der Waals surface area contributed by atoms with Gasteiger partial charge in [-0.3, -0.25) is 4.79 Å². The highest BCUT2D eigenvalue weighted by atomic mass is 16.5. The summed E-state index contributed by atoms with van der Waals surface area (Å²) in [5, 5.41) is 3.37. The summed E-state index contributed by atoms with van der Waals surface area (Å²) in [6, 6.07) is 4.20. The molecule has 5 heteroatoms. The fraction of sp³-hybridized carbons (Fsp3) is 0.611. The first kappa shape index (κ1) is 19.3. The minimum Gasteiger partial charge on any atom is -0.397 e. The lowest BCUT2D eigenvalue weighted by Gasteiger charge is -2.30.